The number of hydrogen-bond acceptors (Lipinski definition) is 6. The fraction of sp³-hybridized carbons (Fsp3) is 0.708. The van der Waals surface area contributed by atoms with Crippen molar-refractivity contribution < 1.29 is 9.47 Å². The Balaban J connectivity index is 0.00000385. The van der Waals surface area contributed by atoms with Gasteiger partial charge in [0.2, 0.25) is 0 Å². The van der Waals surface area contributed by atoms with Crippen LogP contribution < -0.4 is 15.4 Å². The summed E-state index contributed by atoms with van der Waals surface area (Å²) >= 11 is 0. The van der Waals surface area contributed by atoms with Crippen LogP contribution >= 0.6 is 24.0 Å². The molecule has 0 radical (unpaired) electrons. The molecular weight excluding hydrogens is 531 g/mol. The maximum Gasteiger partial charge on any atom is 0.191 e. The van der Waals surface area contributed by atoms with Crippen molar-refractivity contribution in [1.29, 1.82) is 0 Å². The van der Waals surface area contributed by atoms with E-state index in [0.717, 1.165) is 57.5 Å². The van der Waals surface area contributed by atoms with Crippen LogP contribution in [0, 0.1) is 0 Å². The Hall–Kier alpha value is -1.14. The van der Waals surface area contributed by atoms with Crippen LogP contribution in [0.25, 0.3) is 0 Å². The molecule has 1 aromatic carbocycles. The predicted octanol–water partition coefficient (Wildman–Crippen LogP) is 1.88. The first-order chi connectivity index (χ1) is 15.7. The Kier molecular flexibility index (Phi) is 13.4. The number of piperazine rings is 1. The van der Waals surface area contributed by atoms with Gasteiger partial charge in [-0.2, -0.15) is 0 Å². The molecule has 188 valence electrons. The lowest BCUT2D eigenvalue weighted by Crippen LogP contribution is -2.46. The minimum atomic E-state index is 0. The molecule has 2 fully saturated rings. The zero-order chi connectivity index (χ0) is 22.6. The van der Waals surface area contributed by atoms with Crippen molar-refractivity contribution in [2.75, 3.05) is 93.3 Å². The van der Waals surface area contributed by atoms with Crippen molar-refractivity contribution in [3.8, 4) is 5.75 Å². The maximum absolute atomic E-state index is 5.57. The average Bonchev–Trinajstić information content (AvgIpc) is 2.85. The standard InChI is InChI=1S/C24H42N6O2.HI/c1-25-24(26-10-4-5-11-29-14-12-28(2)13-15-29)27-20-23(30-16-18-32-19-17-30)21-6-8-22(31-3)9-7-21;/h6-9,23H,4-5,10-20H2,1-3H3,(H2,25,26,27);1H. The summed E-state index contributed by atoms with van der Waals surface area (Å²) in [6, 6.07) is 8.66. The van der Waals surface area contributed by atoms with Gasteiger partial charge in [-0.3, -0.25) is 9.89 Å². The van der Waals surface area contributed by atoms with Crippen LogP contribution in [0.5, 0.6) is 5.75 Å². The third-order valence-electron chi connectivity index (χ3n) is 6.46. The number of likely N-dealkylation sites (N-methyl/N-ethyl adjacent to an activating group) is 1. The molecule has 1 unspecified atom stereocenters. The Morgan fingerprint density at radius 2 is 1.73 bits per heavy atom. The molecule has 33 heavy (non-hydrogen) atoms. The summed E-state index contributed by atoms with van der Waals surface area (Å²) in [7, 11) is 5.76. The molecule has 2 saturated heterocycles. The molecule has 0 aliphatic carbocycles. The van der Waals surface area contributed by atoms with Gasteiger partial charge in [0.1, 0.15) is 5.75 Å². The van der Waals surface area contributed by atoms with Crippen LogP contribution in [0.3, 0.4) is 0 Å². The third-order valence-corrected chi connectivity index (χ3v) is 6.46. The van der Waals surface area contributed by atoms with Gasteiger partial charge in [-0.05, 0) is 44.1 Å². The number of halogens is 1. The molecule has 8 nitrogen and oxygen atoms in total. The van der Waals surface area contributed by atoms with Crippen LogP contribution in [0.2, 0.25) is 0 Å². The number of morpholine rings is 1. The van der Waals surface area contributed by atoms with Gasteiger partial charge in [-0.15, -0.1) is 24.0 Å². The summed E-state index contributed by atoms with van der Waals surface area (Å²) in [6.07, 6.45) is 2.37. The number of ether oxygens (including phenoxy) is 2. The summed E-state index contributed by atoms with van der Waals surface area (Å²) in [5.41, 5.74) is 1.28. The number of nitrogens with zero attached hydrogens (tertiary/aromatic N) is 4. The first kappa shape index (κ1) is 28.1. The minimum Gasteiger partial charge on any atom is -0.497 e. The molecule has 3 rings (SSSR count). The Labute approximate surface area is 217 Å². The first-order valence-corrected chi connectivity index (χ1v) is 12.0. The Bertz CT molecular complexity index is 676. The van der Waals surface area contributed by atoms with Crippen LogP contribution in [0.1, 0.15) is 24.4 Å². The van der Waals surface area contributed by atoms with E-state index < -0.39 is 0 Å². The van der Waals surface area contributed by atoms with E-state index in [1.165, 1.54) is 44.7 Å². The lowest BCUT2D eigenvalue weighted by atomic mass is 10.0. The molecule has 1 atom stereocenters. The lowest BCUT2D eigenvalue weighted by Gasteiger charge is -2.35. The second-order valence-corrected chi connectivity index (χ2v) is 8.67. The maximum atomic E-state index is 5.57. The molecule has 2 N–H and O–H groups in total. The fourth-order valence-electron chi connectivity index (χ4n) is 4.33. The van der Waals surface area contributed by atoms with Gasteiger partial charge < -0.3 is 29.9 Å². The summed E-state index contributed by atoms with van der Waals surface area (Å²) < 4.78 is 10.9. The van der Waals surface area contributed by atoms with E-state index in [0.29, 0.717) is 0 Å². The monoisotopic (exact) mass is 574 g/mol. The highest BCUT2D eigenvalue weighted by molar-refractivity contribution is 14.0. The number of guanidine groups is 1. The van der Waals surface area contributed by atoms with E-state index in [-0.39, 0.29) is 30.0 Å². The molecule has 0 bridgehead atoms. The van der Waals surface area contributed by atoms with E-state index in [1.54, 1.807) is 7.11 Å². The van der Waals surface area contributed by atoms with Crippen molar-refractivity contribution in [3.05, 3.63) is 29.8 Å². The van der Waals surface area contributed by atoms with Crippen molar-refractivity contribution in [2.24, 2.45) is 4.99 Å². The van der Waals surface area contributed by atoms with Crippen molar-refractivity contribution in [3.63, 3.8) is 0 Å². The van der Waals surface area contributed by atoms with Gasteiger partial charge in [0.25, 0.3) is 0 Å². The molecule has 0 amide bonds. The summed E-state index contributed by atoms with van der Waals surface area (Å²) in [5.74, 6) is 1.76. The van der Waals surface area contributed by atoms with E-state index >= 15 is 0 Å². The van der Waals surface area contributed by atoms with Crippen LogP contribution in [-0.4, -0.2) is 114 Å². The van der Waals surface area contributed by atoms with Crippen molar-refractivity contribution in [2.45, 2.75) is 18.9 Å². The number of hydrogen-bond donors (Lipinski definition) is 2. The molecular formula is C24H43IN6O2. The molecule has 2 aliphatic rings. The van der Waals surface area contributed by atoms with Gasteiger partial charge in [0, 0.05) is 59.4 Å². The molecule has 0 spiro atoms. The second-order valence-electron chi connectivity index (χ2n) is 8.67. The lowest BCUT2D eigenvalue weighted by molar-refractivity contribution is 0.0170. The highest BCUT2D eigenvalue weighted by Crippen LogP contribution is 2.23. The molecule has 2 heterocycles. The number of benzene rings is 1. The average molecular weight is 575 g/mol. The predicted molar refractivity (Wildman–Crippen MR) is 146 cm³/mol. The van der Waals surface area contributed by atoms with E-state index in [4.69, 9.17) is 9.47 Å². The number of unbranched alkanes of at least 4 members (excludes halogenated alkanes) is 1. The quantitative estimate of drug-likeness (QED) is 0.192. The fourth-order valence-corrected chi connectivity index (χ4v) is 4.33. The van der Waals surface area contributed by atoms with Crippen LogP contribution in [0.4, 0.5) is 0 Å². The minimum absolute atomic E-state index is 0. The van der Waals surface area contributed by atoms with Gasteiger partial charge in [-0.1, -0.05) is 12.1 Å². The largest absolute Gasteiger partial charge is 0.497 e. The zero-order valence-electron chi connectivity index (χ0n) is 20.6. The molecule has 2 aliphatic heterocycles. The second kappa shape index (κ2) is 15.7. The summed E-state index contributed by atoms with van der Waals surface area (Å²) in [4.78, 5) is 11.9. The smallest absolute Gasteiger partial charge is 0.191 e. The number of methoxy groups -OCH3 is 1. The highest BCUT2D eigenvalue weighted by atomic mass is 127. The molecule has 0 saturated carbocycles. The first-order valence-electron chi connectivity index (χ1n) is 12.0. The van der Waals surface area contributed by atoms with E-state index in [1.807, 2.05) is 19.2 Å². The van der Waals surface area contributed by atoms with Gasteiger partial charge >= 0.3 is 0 Å². The zero-order valence-corrected chi connectivity index (χ0v) is 22.9. The normalized spacial score (nSPS) is 19.5. The number of nitrogens with one attached hydrogen (secondary N) is 2. The van der Waals surface area contributed by atoms with Crippen molar-refractivity contribution in [1.82, 2.24) is 25.3 Å². The Morgan fingerprint density at radius 3 is 2.36 bits per heavy atom. The third kappa shape index (κ3) is 9.56. The van der Waals surface area contributed by atoms with Crippen molar-refractivity contribution >= 4 is 29.9 Å². The van der Waals surface area contributed by atoms with Crippen LogP contribution in [-0.2, 0) is 4.74 Å². The van der Waals surface area contributed by atoms with Gasteiger partial charge in [0.05, 0.1) is 26.4 Å². The molecule has 1 aromatic rings. The van der Waals surface area contributed by atoms with Gasteiger partial charge in [0.15, 0.2) is 5.96 Å². The number of rotatable bonds is 10. The number of aliphatic imine (C=N–C) groups is 1. The molecule has 9 heteroatoms. The Morgan fingerprint density at radius 1 is 1.03 bits per heavy atom. The van der Waals surface area contributed by atoms with E-state index in [2.05, 4.69) is 49.5 Å². The molecule has 0 aromatic heterocycles. The topological polar surface area (TPSA) is 64.6 Å². The van der Waals surface area contributed by atoms with Crippen LogP contribution in [0.15, 0.2) is 29.3 Å². The SMILES string of the molecule is CN=C(NCCCCN1CCN(C)CC1)NCC(c1ccc(OC)cc1)N1CCOCC1.I. The highest BCUT2D eigenvalue weighted by Gasteiger charge is 2.23. The summed E-state index contributed by atoms with van der Waals surface area (Å²) in [6.45, 7) is 11.2. The van der Waals surface area contributed by atoms with Gasteiger partial charge in [-0.25, -0.2) is 0 Å². The summed E-state index contributed by atoms with van der Waals surface area (Å²) in [5, 5.41) is 7.04. The van der Waals surface area contributed by atoms with E-state index in [9.17, 15) is 0 Å².